The highest BCUT2D eigenvalue weighted by Crippen LogP contribution is 2.23. The quantitative estimate of drug-likeness (QED) is 0.785. The molecule has 0 aliphatic carbocycles. The third-order valence-corrected chi connectivity index (χ3v) is 5.09. The van der Waals surface area contributed by atoms with Crippen molar-refractivity contribution in [3.05, 3.63) is 47.7 Å². The fraction of sp³-hybridized carbons (Fsp3) is 0.294. The Bertz CT molecular complexity index is 877. The minimum Gasteiger partial charge on any atom is -0.478 e. The van der Waals surface area contributed by atoms with Crippen LogP contribution in [0.15, 0.2) is 41.4 Å². The number of nitrogens with one attached hydrogen (secondary N) is 1. The van der Waals surface area contributed by atoms with Gasteiger partial charge in [0.05, 0.1) is 16.8 Å². The molecule has 2 N–H and O–H groups in total. The molecule has 0 radical (unpaired) electrons. The number of nitrogens with zero attached hydrogens (tertiary/aromatic N) is 2. The van der Waals surface area contributed by atoms with Gasteiger partial charge in [0.2, 0.25) is 0 Å². The molecular weight excluding hydrogens is 342 g/mol. The summed E-state index contributed by atoms with van der Waals surface area (Å²) in [5.74, 6) is -0.845. The summed E-state index contributed by atoms with van der Waals surface area (Å²) in [7, 11) is -3.82. The second-order valence-corrected chi connectivity index (χ2v) is 7.18. The van der Waals surface area contributed by atoms with Gasteiger partial charge in [0.1, 0.15) is 11.4 Å². The standard InChI is InChI=1S/C17H21N3O4S/c1-4-20(5-2)16-15(17(21)22)10-13(11-18-16)19-25(23,24)14-8-6-7-12(3)9-14/h6-11,19H,4-5H2,1-3H3,(H,21,22). The maximum absolute atomic E-state index is 12.5. The van der Waals surface area contributed by atoms with Crippen LogP contribution < -0.4 is 9.62 Å². The molecule has 2 aromatic rings. The van der Waals surface area contributed by atoms with Crippen molar-refractivity contribution < 1.29 is 18.3 Å². The normalized spacial score (nSPS) is 11.2. The number of hydrogen-bond acceptors (Lipinski definition) is 5. The van der Waals surface area contributed by atoms with Gasteiger partial charge in [-0.05, 0) is 44.5 Å². The maximum atomic E-state index is 12.5. The van der Waals surface area contributed by atoms with Gasteiger partial charge >= 0.3 is 5.97 Å². The summed E-state index contributed by atoms with van der Waals surface area (Å²) < 4.78 is 27.3. The zero-order chi connectivity index (χ0) is 18.6. The molecule has 134 valence electrons. The van der Waals surface area contributed by atoms with E-state index in [-0.39, 0.29) is 16.1 Å². The van der Waals surface area contributed by atoms with Crippen molar-refractivity contribution in [3.63, 3.8) is 0 Å². The summed E-state index contributed by atoms with van der Waals surface area (Å²) in [5.41, 5.74) is 0.868. The smallest absolute Gasteiger partial charge is 0.339 e. The van der Waals surface area contributed by atoms with E-state index in [1.165, 1.54) is 24.4 Å². The Labute approximate surface area is 147 Å². The SMILES string of the molecule is CCN(CC)c1ncc(NS(=O)(=O)c2cccc(C)c2)cc1C(=O)O. The number of carboxylic acids is 1. The number of anilines is 2. The molecule has 25 heavy (non-hydrogen) atoms. The molecule has 0 aliphatic rings. The van der Waals surface area contributed by atoms with Gasteiger partial charge in [-0.3, -0.25) is 4.72 Å². The van der Waals surface area contributed by atoms with Crippen LogP contribution in [0.2, 0.25) is 0 Å². The molecule has 0 bridgehead atoms. The molecule has 0 saturated heterocycles. The number of rotatable bonds is 7. The highest BCUT2D eigenvalue weighted by Gasteiger charge is 2.20. The van der Waals surface area contributed by atoms with Gasteiger partial charge in [-0.25, -0.2) is 18.2 Å². The topological polar surface area (TPSA) is 99.6 Å². The van der Waals surface area contributed by atoms with Crippen molar-refractivity contribution >= 4 is 27.5 Å². The molecule has 0 aliphatic heterocycles. The van der Waals surface area contributed by atoms with E-state index < -0.39 is 16.0 Å². The number of benzene rings is 1. The van der Waals surface area contributed by atoms with E-state index in [1.54, 1.807) is 24.0 Å². The lowest BCUT2D eigenvalue weighted by atomic mass is 10.2. The van der Waals surface area contributed by atoms with E-state index in [9.17, 15) is 18.3 Å². The molecule has 0 fully saturated rings. The molecule has 1 aromatic carbocycles. The van der Waals surface area contributed by atoms with Gasteiger partial charge in [-0.1, -0.05) is 12.1 Å². The van der Waals surface area contributed by atoms with Crippen LogP contribution in [0.4, 0.5) is 11.5 Å². The molecule has 8 heteroatoms. The molecule has 0 atom stereocenters. The Balaban J connectivity index is 2.40. The number of hydrogen-bond donors (Lipinski definition) is 2. The average molecular weight is 363 g/mol. The minimum atomic E-state index is -3.82. The monoisotopic (exact) mass is 363 g/mol. The lowest BCUT2D eigenvalue weighted by Crippen LogP contribution is -2.25. The summed E-state index contributed by atoms with van der Waals surface area (Å²) in [4.78, 5) is 17.6. The lowest BCUT2D eigenvalue weighted by Gasteiger charge is -2.22. The summed E-state index contributed by atoms with van der Waals surface area (Å²) in [5, 5.41) is 9.44. The number of carbonyl (C=O) groups is 1. The van der Waals surface area contributed by atoms with Crippen LogP contribution in [0.5, 0.6) is 0 Å². The van der Waals surface area contributed by atoms with E-state index in [0.29, 0.717) is 18.9 Å². The molecule has 0 spiro atoms. The highest BCUT2D eigenvalue weighted by molar-refractivity contribution is 7.92. The fourth-order valence-electron chi connectivity index (χ4n) is 2.44. The molecule has 1 heterocycles. The lowest BCUT2D eigenvalue weighted by molar-refractivity contribution is 0.0697. The van der Waals surface area contributed by atoms with E-state index in [1.807, 2.05) is 13.8 Å². The van der Waals surface area contributed by atoms with Crippen molar-refractivity contribution in [2.24, 2.45) is 0 Å². The molecule has 0 amide bonds. The first-order valence-electron chi connectivity index (χ1n) is 7.86. The van der Waals surface area contributed by atoms with Crippen molar-refractivity contribution in [2.45, 2.75) is 25.7 Å². The van der Waals surface area contributed by atoms with Crippen molar-refractivity contribution in [1.29, 1.82) is 0 Å². The van der Waals surface area contributed by atoms with Crippen LogP contribution in [0.1, 0.15) is 29.8 Å². The predicted molar refractivity (Wildman–Crippen MR) is 96.7 cm³/mol. The van der Waals surface area contributed by atoms with Gasteiger partial charge in [0.15, 0.2) is 0 Å². The first-order chi connectivity index (χ1) is 11.8. The molecule has 1 aromatic heterocycles. The van der Waals surface area contributed by atoms with Crippen molar-refractivity contribution in [1.82, 2.24) is 4.98 Å². The fourth-order valence-corrected chi connectivity index (χ4v) is 3.58. The third-order valence-electron chi connectivity index (χ3n) is 3.71. The van der Waals surface area contributed by atoms with E-state index >= 15 is 0 Å². The van der Waals surface area contributed by atoms with E-state index in [0.717, 1.165) is 5.56 Å². The van der Waals surface area contributed by atoms with Crippen LogP contribution in [0, 0.1) is 6.92 Å². The minimum absolute atomic E-state index is 0.0480. The van der Waals surface area contributed by atoms with Crippen molar-refractivity contribution in [3.8, 4) is 0 Å². The summed E-state index contributed by atoms with van der Waals surface area (Å²) in [6, 6.07) is 7.75. The Morgan fingerprint density at radius 3 is 2.48 bits per heavy atom. The number of aromatic nitrogens is 1. The summed E-state index contributed by atoms with van der Waals surface area (Å²) >= 11 is 0. The third kappa shape index (κ3) is 4.27. The number of aromatic carboxylic acids is 1. The van der Waals surface area contributed by atoms with Crippen LogP contribution in [-0.4, -0.2) is 37.6 Å². The van der Waals surface area contributed by atoms with Crippen molar-refractivity contribution in [2.75, 3.05) is 22.7 Å². The van der Waals surface area contributed by atoms with Gasteiger partial charge < -0.3 is 10.0 Å². The Kier molecular flexibility index (Phi) is 5.63. The molecular formula is C17H21N3O4S. The van der Waals surface area contributed by atoms with Crippen LogP contribution in [-0.2, 0) is 10.0 Å². The van der Waals surface area contributed by atoms with Gasteiger partial charge in [0.25, 0.3) is 10.0 Å². The predicted octanol–water partition coefficient (Wildman–Crippen LogP) is 2.74. The Morgan fingerprint density at radius 1 is 1.24 bits per heavy atom. The van der Waals surface area contributed by atoms with E-state index in [2.05, 4.69) is 9.71 Å². The van der Waals surface area contributed by atoms with Crippen LogP contribution in [0.3, 0.4) is 0 Å². The maximum Gasteiger partial charge on any atom is 0.339 e. The Morgan fingerprint density at radius 2 is 1.92 bits per heavy atom. The van der Waals surface area contributed by atoms with Crippen LogP contribution >= 0.6 is 0 Å². The first kappa shape index (κ1) is 18.7. The highest BCUT2D eigenvalue weighted by atomic mass is 32.2. The second-order valence-electron chi connectivity index (χ2n) is 5.49. The number of sulfonamides is 1. The summed E-state index contributed by atoms with van der Waals surface area (Å²) in [6.07, 6.45) is 1.33. The van der Waals surface area contributed by atoms with E-state index in [4.69, 9.17) is 0 Å². The summed E-state index contributed by atoms with van der Waals surface area (Å²) in [6.45, 7) is 6.77. The number of pyridine rings is 1. The first-order valence-corrected chi connectivity index (χ1v) is 9.34. The zero-order valence-electron chi connectivity index (χ0n) is 14.4. The molecule has 2 rings (SSSR count). The average Bonchev–Trinajstić information content (AvgIpc) is 2.56. The zero-order valence-corrected chi connectivity index (χ0v) is 15.2. The van der Waals surface area contributed by atoms with Gasteiger partial charge in [-0.15, -0.1) is 0 Å². The van der Waals surface area contributed by atoms with Gasteiger partial charge in [0, 0.05) is 13.1 Å². The molecule has 0 unspecified atom stereocenters. The molecule has 0 saturated carbocycles. The number of carboxylic acid groups (broad SMARTS) is 1. The molecule has 7 nitrogen and oxygen atoms in total. The van der Waals surface area contributed by atoms with Gasteiger partial charge in [-0.2, -0.15) is 0 Å². The van der Waals surface area contributed by atoms with Crippen LogP contribution in [0.25, 0.3) is 0 Å². The Hall–Kier alpha value is -2.61. The number of aryl methyl sites for hydroxylation is 1. The largest absolute Gasteiger partial charge is 0.478 e. The second kappa shape index (κ2) is 7.52.